The molecule has 0 aliphatic rings. The maximum Gasteiger partial charge on any atom is 0.139 e. The third-order valence-electron chi connectivity index (χ3n) is 3.29. The number of aromatic nitrogens is 2. The number of imidazole rings is 1. The second-order valence-electron chi connectivity index (χ2n) is 4.67. The van der Waals surface area contributed by atoms with Gasteiger partial charge in [-0.05, 0) is 38.1 Å². The van der Waals surface area contributed by atoms with E-state index in [1.165, 1.54) is 0 Å². The van der Waals surface area contributed by atoms with E-state index in [0.717, 1.165) is 28.3 Å². The quantitative estimate of drug-likeness (QED) is 0.792. The molecule has 0 fully saturated rings. The van der Waals surface area contributed by atoms with Gasteiger partial charge in [0.15, 0.2) is 0 Å². The first-order valence-corrected chi connectivity index (χ1v) is 6.67. The summed E-state index contributed by atoms with van der Waals surface area (Å²) >= 11 is 0. The molecule has 3 rings (SSSR count). The second kappa shape index (κ2) is 4.89. The predicted molar refractivity (Wildman–Crippen MR) is 80.9 cm³/mol. The molecule has 2 heterocycles. The first kappa shape index (κ1) is 12.5. The molecular weight excluding hydrogens is 250 g/mol. The zero-order valence-electron chi connectivity index (χ0n) is 11.6. The van der Waals surface area contributed by atoms with Crippen molar-refractivity contribution in [3.8, 4) is 17.0 Å². The highest BCUT2D eigenvalue weighted by molar-refractivity contribution is 5.76. The molecule has 4 heteroatoms. The van der Waals surface area contributed by atoms with E-state index in [-0.39, 0.29) is 0 Å². The minimum Gasteiger partial charge on any atom is -0.494 e. The molecule has 0 radical (unpaired) electrons. The molecule has 0 atom stereocenters. The lowest BCUT2D eigenvalue weighted by molar-refractivity contribution is 0.340. The van der Waals surface area contributed by atoms with Gasteiger partial charge in [-0.1, -0.05) is 18.2 Å². The summed E-state index contributed by atoms with van der Waals surface area (Å²) in [5, 5.41) is 0. The monoisotopic (exact) mass is 267 g/mol. The molecule has 0 aliphatic carbocycles. The predicted octanol–water partition coefficient (Wildman–Crippen LogP) is 3.29. The molecule has 1 aromatic carbocycles. The fourth-order valence-electron chi connectivity index (χ4n) is 2.39. The van der Waals surface area contributed by atoms with E-state index in [0.29, 0.717) is 12.4 Å². The van der Waals surface area contributed by atoms with E-state index in [4.69, 9.17) is 10.5 Å². The number of nitrogens with two attached hydrogens (primary N) is 1. The van der Waals surface area contributed by atoms with Crippen LogP contribution in [0.3, 0.4) is 0 Å². The molecule has 4 nitrogen and oxygen atoms in total. The number of benzene rings is 1. The Labute approximate surface area is 117 Å². The molecule has 3 aromatic rings. The van der Waals surface area contributed by atoms with E-state index in [9.17, 15) is 0 Å². The van der Waals surface area contributed by atoms with Gasteiger partial charge in [-0.2, -0.15) is 0 Å². The summed E-state index contributed by atoms with van der Waals surface area (Å²) < 4.78 is 7.49. The number of fused-ring (bicyclic) bond motifs is 1. The molecule has 0 aliphatic heterocycles. The lowest BCUT2D eigenvalue weighted by Gasteiger charge is -2.05. The number of hydrogen-bond donors (Lipinski definition) is 1. The van der Waals surface area contributed by atoms with Crippen LogP contribution in [-0.4, -0.2) is 16.0 Å². The van der Waals surface area contributed by atoms with Crippen LogP contribution in [0.2, 0.25) is 0 Å². The molecule has 0 saturated heterocycles. The molecule has 2 aromatic heterocycles. The maximum atomic E-state index is 6.26. The van der Waals surface area contributed by atoms with Gasteiger partial charge in [0.25, 0.3) is 0 Å². The molecule has 0 saturated carbocycles. The normalized spacial score (nSPS) is 10.9. The van der Waals surface area contributed by atoms with Gasteiger partial charge in [-0.15, -0.1) is 0 Å². The summed E-state index contributed by atoms with van der Waals surface area (Å²) in [5.74, 6) is 1.49. The second-order valence-corrected chi connectivity index (χ2v) is 4.67. The Bertz CT molecular complexity index is 762. The Kier molecular flexibility index (Phi) is 3.06. The van der Waals surface area contributed by atoms with Gasteiger partial charge in [0.2, 0.25) is 0 Å². The minimum absolute atomic E-state index is 0.642. The van der Waals surface area contributed by atoms with Gasteiger partial charge in [-0.25, -0.2) is 4.98 Å². The zero-order chi connectivity index (χ0) is 14.1. The van der Waals surface area contributed by atoms with Gasteiger partial charge in [0, 0.05) is 11.3 Å². The molecule has 0 amide bonds. The number of hydrogen-bond acceptors (Lipinski definition) is 3. The van der Waals surface area contributed by atoms with Gasteiger partial charge in [-0.3, -0.25) is 4.40 Å². The fourth-order valence-corrected chi connectivity index (χ4v) is 2.39. The van der Waals surface area contributed by atoms with Crippen LogP contribution < -0.4 is 10.5 Å². The van der Waals surface area contributed by atoms with Crippen molar-refractivity contribution in [2.45, 2.75) is 13.8 Å². The smallest absolute Gasteiger partial charge is 0.139 e. The van der Waals surface area contributed by atoms with Crippen molar-refractivity contribution in [1.82, 2.24) is 9.38 Å². The van der Waals surface area contributed by atoms with Gasteiger partial charge < -0.3 is 10.5 Å². The number of rotatable bonds is 3. The summed E-state index contributed by atoms with van der Waals surface area (Å²) in [7, 11) is 0. The van der Waals surface area contributed by atoms with Gasteiger partial charge in [0.05, 0.1) is 6.61 Å². The van der Waals surface area contributed by atoms with E-state index >= 15 is 0 Å². The highest BCUT2D eigenvalue weighted by Crippen LogP contribution is 2.29. The molecule has 0 unspecified atom stereocenters. The van der Waals surface area contributed by atoms with Crippen LogP contribution in [0.4, 0.5) is 5.82 Å². The van der Waals surface area contributed by atoms with Crippen molar-refractivity contribution in [3.05, 3.63) is 48.2 Å². The molecule has 0 bridgehead atoms. The van der Waals surface area contributed by atoms with E-state index in [2.05, 4.69) is 4.98 Å². The molecule has 102 valence electrons. The zero-order valence-corrected chi connectivity index (χ0v) is 11.6. The first-order chi connectivity index (χ1) is 9.70. The van der Waals surface area contributed by atoms with Crippen LogP contribution in [0.5, 0.6) is 5.75 Å². The number of nitrogens with zero attached hydrogens (tertiary/aromatic N) is 2. The number of pyridine rings is 1. The number of anilines is 1. The topological polar surface area (TPSA) is 52.5 Å². The van der Waals surface area contributed by atoms with E-state index in [1.54, 1.807) is 0 Å². The van der Waals surface area contributed by atoms with Crippen molar-refractivity contribution >= 4 is 11.5 Å². The SMILES string of the molecule is CCOc1cccc(-c2nc3cccc(C)n3c2N)c1. The summed E-state index contributed by atoms with van der Waals surface area (Å²) in [6.45, 7) is 4.63. The summed E-state index contributed by atoms with van der Waals surface area (Å²) in [5.41, 5.74) is 9.95. The molecule has 20 heavy (non-hydrogen) atoms. The average Bonchev–Trinajstić information content (AvgIpc) is 2.78. The van der Waals surface area contributed by atoms with Crippen LogP contribution in [0, 0.1) is 6.92 Å². The van der Waals surface area contributed by atoms with Crippen LogP contribution in [0.15, 0.2) is 42.5 Å². The maximum absolute atomic E-state index is 6.26. The van der Waals surface area contributed by atoms with E-state index in [1.807, 2.05) is 60.7 Å². The number of ether oxygens (including phenoxy) is 1. The van der Waals surface area contributed by atoms with Crippen molar-refractivity contribution in [2.75, 3.05) is 12.3 Å². The molecular formula is C16H17N3O. The Morgan fingerprint density at radius 1 is 1.20 bits per heavy atom. The van der Waals surface area contributed by atoms with Crippen LogP contribution in [0.1, 0.15) is 12.6 Å². The van der Waals surface area contributed by atoms with Gasteiger partial charge in [0.1, 0.15) is 22.9 Å². The summed E-state index contributed by atoms with van der Waals surface area (Å²) in [6, 6.07) is 13.8. The summed E-state index contributed by atoms with van der Waals surface area (Å²) in [6.07, 6.45) is 0. The summed E-state index contributed by atoms with van der Waals surface area (Å²) in [4.78, 5) is 4.63. The van der Waals surface area contributed by atoms with Crippen molar-refractivity contribution in [3.63, 3.8) is 0 Å². The lowest BCUT2D eigenvalue weighted by Crippen LogP contribution is -1.97. The third-order valence-corrected chi connectivity index (χ3v) is 3.29. The molecule has 2 N–H and O–H groups in total. The Hall–Kier alpha value is -2.49. The third kappa shape index (κ3) is 1.99. The Morgan fingerprint density at radius 2 is 2.00 bits per heavy atom. The number of nitrogen functional groups attached to an aromatic ring is 1. The highest BCUT2D eigenvalue weighted by Gasteiger charge is 2.12. The fraction of sp³-hybridized carbons (Fsp3) is 0.188. The van der Waals surface area contributed by atoms with Crippen LogP contribution >= 0.6 is 0 Å². The highest BCUT2D eigenvalue weighted by atomic mass is 16.5. The Morgan fingerprint density at radius 3 is 2.75 bits per heavy atom. The van der Waals surface area contributed by atoms with Crippen molar-refractivity contribution < 1.29 is 4.74 Å². The van der Waals surface area contributed by atoms with Crippen molar-refractivity contribution in [1.29, 1.82) is 0 Å². The van der Waals surface area contributed by atoms with Crippen LogP contribution in [0.25, 0.3) is 16.9 Å². The van der Waals surface area contributed by atoms with Crippen LogP contribution in [-0.2, 0) is 0 Å². The Balaban J connectivity index is 2.17. The molecule has 0 spiro atoms. The average molecular weight is 267 g/mol. The number of aryl methyl sites for hydroxylation is 1. The van der Waals surface area contributed by atoms with Crippen molar-refractivity contribution in [2.24, 2.45) is 0 Å². The first-order valence-electron chi connectivity index (χ1n) is 6.67. The van der Waals surface area contributed by atoms with E-state index < -0.39 is 0 Å². The lowest BCUT2D eigenvalue weighted by atomic mass is 10.1. The minimum atomic E-state index is 0.642. The largest absolute Gasteiger partial charge is 0.494 e. The standard InChI is InChI=1S/C16H17N3O/c1-3-20-13-8-5-7-12(10-13)15-16(17)19-11(2)6-4-9-14(19)18-15/h4-10H,3,17H2,1-2H3. The van der Waals surface area contributed by atoms with Gasteiger partial charge >= 0.3 is 0 Å².